The smallest absolute Gasteiger partial charge is 0.181 e. The Morgan fingerprint density at radius 1 is 0.696 bits per heavy atom. The van der Waals surface area contributed by atoms with Gasteiger partial charge in [-0.3, -0.25) is 0 Å². The van der Waals surface area contributed by atoms with Crippen LogP contribution in [0.1, 0.15) is 0 Å². The molecule has 5 heteroatoms. The van der Waals surface area contributed by atoms with E-state index in [0.29, 0.717) is 13.2 Å². The van der Waals surface area contributed by atoms with E-state index in [-0.39, 0.29) is 12.2 Å². The normalized spacial score (nSPS) is 21.7. The lowest BCUT2D eigenvalue weighted by Gasteiger charge is -2.27. The second-order valence-corrected chi connectivity index (χ2v) is 5.76. The summed E-state index contributed by atoms with van der Waals surface area (Å²) in [5.41, 5.74) is 0. The highest BCUT2D eigenvalue weighted by Gasteiger charge is 2.25. The Kier molecular flexibility index (Phi) is 3.94. The molecule has 2 aromatic carbocycles. The molecule has 120 valence electrons. The molecular formula is C18H20NO4+. The van der Waals surface area contributed by atoms with Crippen LogP contribution < -0.4 is 24.3 Å². The molecule has 2 heterocycles. The minimum Gasteiger partial charge on any atom is -0.486 e. The molecule has 2 aliphatic heterocycles. The van der Waals surface area contributed by atoms with Crippen LogP contribution in [0, 0.1) is 0 Å². The minimum absolute atomic E-state index is 0.0571. The lowest BCUT2D eigenvalue weighted by atomic mass is 10.2. The third kappa shape index (κ3) is 3.19. The highest BCUT2D eigenvalue weighted by atomic mass is 16.6. The third-order valence-electron chi connectivity index (χ3n) is 3.99. The molecule has 0 radical (unpaired) electrons. The summed E-state index contributed by atoms with van der Waals surface area (Å²) >= 11 is 0. The second kappa shape index (κ2) is 6.38. The van der Waals surface area contributed by atoms with Gasteiger partial charge in [-0.15, -0.1) is 0 Å². The van der Waals surface area contributed by atoms with Gasteiger partial charge in [0.15, 0.2) is 35.2 Å². The van der Waals surface area contributed by atoms with E-state index in [1.807, 2.05) is 48.5 Å². The predicted molar refractivity (Wildman–Crippen MR) is 84.4 cm³/mol. The van der Waals surface area contributed by atoms with Crippen molar-refractivity contribution in [3.8, 4) is 23.0 Å². The topological polar surface area (TPSA) is 53.5 Å². The maximum atomic E-state index is 5.95. The molecule has 0 saturated heterocycles. The van der Waals surface area contributed by atoms with Crippen molar-refractivity contribution in [1.29, 1.82) is 0 Å². The van der Waals surface area contributed by atoms with Crippen molar-refractivity contribution < 1.29 is 24.3 Å². The van der Waals surface area contributed by atoms with E-state index in [2.05, 4.69) is 5.32 Å². The molecule has 5 nitrogen and oxygen atoms in total. The average Bonchev–Trinajstić information content (AvgIpc) is 2.61. The van der Waals surface area contributed by atoms with E-state index < -0.39 is 0 Å². The highest BCUT2D eigenvalue weighted by molar-refractivity contribution is 5.41. The fourth-order valence-corrected chi connectivity index (χ4v) is 2.83. The Morgan fingerprint density at radius 2 is 1.13 bits per heavy atom. The van der Waals surface area contributed by atoms with Gasteiger partial charge in [0.25, 0.3) is 0 Å². The first-order chi connectivity index (χ1) is 11.4. The van der Waals surface area contributed by atoms with Crippen molar-refractivity contribution in [1.82, 2.24) is 0 Å². The lowest BCUT2D eigenvalue weighted by molar-refractivity contribution is -0.666. The molecule has 2 atom stereocenters. The van der Waals surface area contributed by atoms with Crippen LogP contribution in [0.15, 0.2) is 48.5 Å². The Labute approximate surface area is 135 Å². The van der Waals surface area contributed by atoms with Gasteiger partial charge in [-0.05, 0) is 24.3 Å². The quantitative estimate of drug-likeness (QED) is 0.922. The average molecular weight is 314 g/mol. The molecule has 0 fully saturated rings. The van der Waals surface area contributed by atoms with Crippen LogP contribution >= 0.6 is 0 Å². The van der Waals surface area contributed by atoms with E-state index in [9.17, 15) is 0 Å². The van der Waals surface area contributed by atoms with Crippen LogP contribution in [0.3, 0.4) is 0 Å². The van der Waals surface area contributed by atoms with Crippen molar-refractivity contribution in [3.05, 3.63) is 48.5 Å². The monoisotopic (exact) mass is 314 g/mol. The summed E-state index contributed by atoms with van der Waals surface area (Å²) in [4.78, 5) is 0. The Hall–Kier alpha value is -2.40. The van der Waals surface area contributed by atoms with E-state index in [1.54, 1.807) is 0 Å². The standard InChI is InChI=1S/C18H19NO4/c1-3-7-17-15(5-1)20-11-13(22-17)9-19-10-14-12-21-16-6-2-4-8-18(16)23-14/h1-8,13-14,19H,9-12H2/p+1/t13-,14-/m1/s1. The third-order valence-corrected chi connectivity index (χ3v) is 3.99. The SMILES string of the molecule is c1ccc2c(c1)OC[C@@H](C[NH2+]C[C@@H]1COc3ccccc3O1)O2. The summed E-state index contributed by atoms with van der Waals surface area (Å²) in [7, 11) is 0. The summed E-state index contributed by atoms with van der Waals surface area (Å²) < 4.78 is 23.3. The molecule has 0 saturated carbocycles. The molecule has 2 aromatic rings. The van der Waals surface area contributed by atoms with Crippen molar-refractivity contribution in [3.63, 3.8) is 0 Å². The largest absolute Gasteiger partial charge is 0.486 e. The molecule has 23 heavy (non-hydrogen) atoms. The van der Waals surface area contributed by atoms with Crippen LogP contribution in [0.25, 0.3) is 0 Å². The van der Waals surface area contributed by atoms with Gasteiger partial charge in [0.2, 0.25) is 0 Å². The van der Waals surface area contributed by atoms with Gasteiger partial charge in [-0.25, -0.2) is 0 Å². The summed E-state index contributed by atoms with van der Waals surface area (Å²) in [5.74, 6) is 3.29. The van der Waals surface area contributed by atoms with Crippen LogP contribution in [0.2, 0.25) is 0 Å². The van der Waals surface area contributed by atoms with Crippen LogP contribution in [0.5, 0.6) is 23.0 Å². The number of fused-ring (bicyclic) bond motifs is 2. The second-order valence-electron chi connectivity index (χ2n) is 5.76. The lowest BCUT2D eigenvalue weighted by Crippen LogP contribution is -2.89. The molecule has 4 rings (SSSR count). The summed E-state index contributed by atoms with van der Waals surface area (Å²) in [6.07, 6.45) is 0.114. The molecule has 0 bridgehead atoms. The van der Waals surface area contributed by atoms with Crippen molar-refractivity contribution in [2.24, 2.45) is 0 Å². The van der Waals surface area contributed by atoms with E-state index >= 15 is 0 Å². The van der Waals surface area contributed by atoms with Gasteiger partial charge in [-0.1, -0.05) is 24.3 Å². The van der Waals surface area contributed by atoms with Crippen LogP contribution in [-0.4, -0.2) is 38.5 Å². The summed E-state index contributed by atoms with van der Waals surface area (Å²) in [6, 6.07) is 15.6. The van der Waals surface area contributed by atoms with Crippen LogP contribution in [-0.2, 0) is 0 Å². The fourth-order valence-electron chi connectivity index (χ4n) is 2.83. The number of nitrogens with two attached hydrogens (primary N) is 1. The Bertz CT molecular complexity index is 618. The van der Waals surface area contributed by atoms with Gasteiger partial charge in [-0.2, -0.15) is 0 Å². The Morgan fingerprint density at radius 3 is 1.61 bits per heavy atom. The molecular weight excluding hydrogens is 294 g/mol. The first-order valence-corrected chi connectivity index (χ1v) is 7.97. The number of quaternary nitrogens is 1. The molecule has 0 spiro atoms. The van der Waals surface area contributed by atoms with Gasteiger partial charge >= 0.3 is 0 Å². The predicted octanol–water partition coefficient (Wildman–Crippen LogP) is 1.23. The van der Waals surface area contributed by atoms with Crippen LogP contribution in [0.4, 0.5) is 0 Å². The molecule has 2 aliphatic rings. The molecule has 0 amide bonds. The fraction of sp³-hybridized carbons (Fsp3) is 0.333. The highest BCUT2D eigenvalue weighted by Crippen LogP contribution is 2.31. The maximum Gasteiger partial charge on any atom is 0.181 e. The zero-order valence-corrected chi connectivity index (χ0v) is 12.8. The van der Waals surface area contributed by atoms with Crippen molar-refractivity contribution in [2.45, 2.75) is 12.2 Å². The van der Waals surface area contributed by atoms with Gasteiger partial charge in [0.05, 0.1) is 0 Å². The Balaban J connectivity index is 1.26. The number of hydrogen-bond acceptors (Lipinski definition) is 4. The maximum absolute atomic E-state index is 5.95. The molecule has 0 aliphatic carbocycles. The van der Waals surface area contributed by atoms with E-state index in [4.69, 9.17) is 18.9 Å². The summed E-state index contributed by atoms with van der Waals surface area (Å²) in [6.45, 7) is 2.82. The zero-order valence-electron chi connectivity index (χ0n) is 12.8. The first kappa shape index (κ1) is 14.2. The zero-order chi connectivity index (χ0) is 15.5. The molecule has 0 aromatic heterocycles. The van der Waals surface area contributed by atoms with Gasteiger partial charge in [0, 0.05) is 0 Å². The van der Waals surface area contributed by atoms with Crippen molar-refractivity contribution in [2.75, 3.05) is 26.3 Å². The van der Waals surface area contributed by atoms with Gasteiger partial charge < -0.3 is 24.3 Å². The van der Waals surface area contributed by atoms with Gasteiger partial charge in [0.1, 0.15) is 26.3 Å². The molecule has 2 N–H and O–H groups in total. The number of benzene rings is 2. The van der Waals surface area contributed by atoms with E-state index in [1.165, 1.54) is 0 Å². The number of rotatable bonds is 4. The minimum atomic E-state index is 0.0571. The van der Waals surface area contributed by atoms with E-state index in [0.717, 1.165) is 36.1 Å². The number of ether oxygens (including phenoxy) is 4. The van der Waals surface area contributed by atoms with Crippen molar-refractivity contribution >= 4 is 0 Å². The molecule has 0 unspecified atom stereocenters. The summed E-state index contributed by atoms with van der Waals surface area (Å²) in [5, 5.41) is 2.20. The number of hydrogen-bond donors (Lipinski definition) is 1. The number of para-hydroxylation sites is 4. The first-order valence-electron chi connectivity index (χ1n) is 7.97.